The van der Waals surface area contributed by atoms with Gasteiger partial charge in [-0.15, -0.1) is 0 Å². The number of nitrogens with zero attached hydrogens (tertiary/aromatic N) is 1. The molecule has 0 saturated heterocycles. The molecule has 60 valence electrons. The molecule has 0 atom stereocenters. The molecule has 0 unspecified atom stereocenters. The molecule has 3 heteroatoms. The first kappa shape index (κ1) is 7.37. The van der Waals surface area contributed by atoms with Gasteiger partial charge in [0.2, 0.25) is 0 Å². The van der Waals surface area contributed by atoms with Crippen LogP contribution in [-0.2, 0) is 13.1 Å². The third-order valence-corrected chi connectivity index (χ3v) is 3.07. The molecule has 0 fully saturated rings. The summed E-state index contributed by atoms with van der Waals surface area (Å²) in [5, 5.41) is 0. The molecule has 0 radical (unpaired) electrons. The average molecular weight is 216 g/mol. The van der Waals surface area contributed by atoms with Crippen molar-refractivity contribution < 1.29 is 4.42 Å². The van der Waals surface area contributed by atoms with Crippen LogP contribution in [0.15, 0.2) is 8.89 Å². The van der Waals surface area contributed by atoms with Crippen LogP contribution in [0.5, 0.6) is 0 Å². The molecule has 1 aliphatic heterocycles. The molecule has 0 aromatic carbocycles. The van der Waals surface area contributed by atoms with Gasteiger partial charge in [0.05, 0.1) is 11.0 Å². The van der Waals surface area contributed by atoms with Gasteiger partial charge in [0, 0.05) is 12.1 Å². The second-order valence-electron chi connectivity index (χ2n) is 3.05. The zero-order valence-electron chi connectivity index (χ0n) is 6.65. The number of furan rings is 1. The molecule has 0 amide bonds. The standard InChI is InChI=1S/C8H10BrNO/c1-5-8(9)6-3-10(2)4-7(6)11-5/h3-4H2,1-2H3. The van der Waals surface area contributed by atoms with Crippen molar-refractivity contribution in [2.45, 2.75) is 20.0 Å². The molecule has 1 aromatic rings. The Labute approximate surface area is 74.3 Å². The number of hydrogen-bond acceptors (Lipinski definition) is 2. The Morgan fingerprint density at radius 3 is 2.82 bits per heavy atom. The fourth-order valence-corrected chi connectivity index (χ4v) is 1.91. The van der Waals surface area contributed by atoms with Crippen molar-refractivity contribution in [3.63, 3.8) is 0 Å². The van der Waals surface area contributed by atoms with Crippen LogP contribution in [0, 0.1) is 6.92 Å². The van der Waals surface area contributed by atoms with E-state index >= 15 is 0 Å². The lowest BCUT2D eigenvalue weighted by atomic mass is 10.3. The number of aryl methyl sites for hydroxylation is 1. The summed E-state index contributed by atoms with van der Waals surface area (Å²) in [6.45, 7) is 3.94. The maximum atomic E-state index is 5.54. The first-order chi connectivity index (χ1) is 5.18. The summed E-state index contributed by atoms with van der Waals surface area (Å²) in [6, 6.07) is 0. The predicted molar refractivity (Wildman–Crippen MR) is 46.3 cm³/mol. The largest absolute Gasteiger partial charge is 0.463 e. The van der Waals surface area contributed by atoms with E-state index in [4.69, 9.17) is 4.42 Å². The summed E-state index contributed by atoms with van der Waals surface area (Å²) in [5.41, 5.74) is 1.32. The Morgan fingerprint density at radius 1 is 1.45 bits per heavy atom. The van der Waals surface area contributed by atoms with Crippen LogP contribution in [-0.4, -0.2) is 11.9 Å². The lowest BCUT2D eigenvalue weighted by Crippen LogP contribution is -2.08. The molecule has 1 aromatic heterocycles. The summed E-state index contributed by atoms with van der Waals surface area (Å²) in [6.07, 6.45) is 0. The van der Waals surface area contributed by atoms with Crippen molar-refractivity contribution in [3.8, 4) is 0 Å². The van der Waals surface area contributed by atoms with E-state index in [1.807, 2.05) is 6.92 Å². The third kappa shape index (κ3) is 1.03. The van der Waals surface area contributed by atoms with E-state index in [2.05, 4.69) is 27.9 Å². The number of fused-ring (bicyclic) bond motifs is 1. The van der Waals surface area contributed by atoms with E-state index in [1.165, 1.54) is 5.56 Å². The van der Waals surface area contributed by atoms with Crippen molar-refractivity contribution in [1.82, 2.24) is 4.90 Å². The molecule has 0 saturated carbocycles. The van der Waals surface area contributed by atoms with Gasteiger partial charge in [-0.25, -0.2) is 0 Å². The Bertz CT molecular complexity index is 293. The quantitative estimate of drug-likeness (QED) is 0.661. The van der Waals surface area contributed by atoms with E-state index in [1.54, 1.807) is 0 Å². The van der Waals surface area contributed by atoms with E-state index in [9.17, 15) is 0 Å². The van der Waals surface area contributed by atoms with Crippen molar-refractivity contribution in [2.75, 3.05) is 7.05 Å². The first-order valence-corrected chi connectivity index (χ1v) is 4.43. The summed E-state index contributed by atoms with van der Waals surface area (Å²) >= 11 is 3.51. The second kappa shape index (κ2) is 2.35. The molecule has 0 bridgehead atoms. The van der Waals surface area contributed by atoms with E-state index < -0.39 is 0 Å². The maximum absolute atomic E-state index is 5.54. The maximum Gasteiger partial charge on any atom is 0.123 e. The molecule has 2 heterocycles. The van der Waals surface area contributed by atoms with Crippen LogP contribution >= 0.6 is 15.9 Å². The van der Waals surface area contributed by atoms with Gasteiger partial charge in [0.15, 0.2) is 0 Å². The molecule has 0 N–H and O–H groups in total. The van der Waals surface area contributed by atoms with Crippen LogP contribution in [0.25, 0.3) is 0 Å². The minimum absolute atomic E-state index is 0.946. The van der Waals surface area contributed by atoms with E-state index in [-0.39, 0.29) is 0 Å². The molecular weight excluding hydrogens is 206 g/mol. The van der Waals surface area contributed by atoms with Gasteiger partial charge < -0.3 is 4.42 Å². The Kier molecular flexibility index (Phi) is 1.58. The highest BCUT2D eigenvalue weighted by Gasteiger charge is 2.23. The molecule has 0 spiro atoms. The summed E-state index contributed by atoms with van der Waals surface area (Å²) < 4.78 is 6.69. The summed E-state index contributed by atoms with van der Waals surface area (Å²) in [4.78, 5) is 2.23. The first-order valence-electron chi connectivity index (χ1n) is 3.63. The number of rotatable bonds is 0. The van der Waals surface area contributed by atoms with Crippen LogP contribution in [0.1, 0.15) is 17.1 Å². The number of halogens is 1. The fraction of sp³-hybridized carbons (Fsp3) is 0.500. The van der Waals surface area contributed by atoms with Crippen molar-refractivity contribution >= 4 is 15.9 Å². The topological polar surface area (TPSA) is 16.4 Å². The second-order valence-corrected chi connectivity index (χ2v) is 3.84. The highest BCUT2D eigenvalue weighted by molar-refractivity contribution is 9.10. The molecule has 1 aliphatic rings. The predicted octanol–water partition coefficient (Wildman–Crippen LogP) is 2.30. The Morgan fingerprint density at radius 2 is 2.18 bits per heavy atom. The minimum Gasteiger partial charge on any atom is -0.463 e. The lowest BCUT2D eigenvalue weighted by molar-refractivity contribution is 0.323. The smallest absolute Gasteiger partial charge is 0.123 e. The van der Waals surface area contributed by atoms with Gasteiger partial charge in [0.25, 0.3) is 0 Å². The SMILES string of the molecule is Cc1oc2c(c1Br)CN(C)C2. The summed E-state index contributed by atoms with van der Waals surface area (Å²) in [7, 11) is 2.09. The molecule has 0 aliphatic carbocycles. The van der Waals surface area contributed by atoms with Crippen molar-refractivity contribution in [1.29, 1.82) is 0 Å². The molecular formula is C8H10BrNO. The van der Waals surface area contributed by atoms with Gasteiger partial charge in [-0.05, 0) is 29.9 Å². The van der Waals surface area contributed by atoms with Gasteiger partial charge in [-0.2, -0.15) is 0 Å². The minimum atomic E-state index is 0.946. The molecule has 2 nitrogen and oxygen atoms in total. The summed E-state index contributed by atoms with van der Waals surface area (Å²) in [5.74, 6) is 2.12. The Balaban J connectivity index is 2.48. The zero-order valence-corrected chi connectivity index (χ0v) is 8.23. The van der Waals surface area contributed by atoms with Crippen LogP contribution in [0.4, 0.5) is 0 Å². The Hall–Kier alpha value is -0.280. The zero-order chi connectivity index (χ0) is 8.01. The van der Waals surface area contributed by atoms with Crippen LogP contribution in [0.3, 0.4) is 0 Å². The normalized spacial score (nSPS) is 17.4. The highest BCUT2D eigenvalue weighted by atomic mass is 79.9. The van der Waals surface area contributed by atoms with Crippen LogP contribution in [0.2, 0.25) is 0 Å². The number of hydrogen-bond donors (Lipinski definition) is 0. The van der Waals surface area contributed by atoms with Crippen LogP contribution < -0.4 is 0 Å². The highest BCUT2D eigenvalue weighted by Crippen LogP contribution is 2.33. The van der Waals surface area contributed by atoms with Crippen molar-refractivity contribution in [3.05, 3.63) is 21.6 Å². The van der Waals surface area contributed by atoms with E-state index in [0.29, 0.717) is 0 Å². The fourth-order valence-electron chi connectivity index (χ4n) is 1.48. The third-order valence-electron chi connectivity index (χ3n) is 2.03. The molecule has 11 heavy (non-hydrogen) atoms. The van der Waals surface area contributed by atoms with Crippen molar-refractivity contribution in [2.24, 2.45) is 0 Å². The molecule has 2 rings (SSSR count). The van der Waals surface area contributed by atoms with E-state index in [0.717, 1.165) is 29.1 Å². The van der Waals surface area contributed by atoms with Gasteiger partial charge in [0.1, 0.15) is 11.5 Å². The lowest BCUT2D eigenvalue weighted by Gasteiger charge is -2.04. The average Bonchev–Trinajstić information content (AvgIpc) is 2.37. The monoisotopic (exact) mass is 215 g/mol. The van der Waals surface area contributed by atoms with Gasteiger partial charge >= 0.3 is 0 Å². The van der Waals surface area contributed by atoms with Gasteiger partial charge in [-0.1, -0.05) is 0 Å². The van der Waals surface area contributed by atoms with Gasteiger partial charge in [-0.3, -0.25) is 4.90 Å².